The predicted molar refractivity (Wildman–Crippen MR) is 87.2 cm³/mol. The van der Waals surface area contributed by atoms with Gasteiger partial charge in [0.25, 0.3) is 0 Å². The maximum atomic E-state index is 12.7. The standard InChI is InChI=1S/C18H17N3O2/c1-19-18-17-14(21(20-18)13-6-3-2-4-7-13)10-12(11-15(17)22)16-8-5-9-23-16/h2-9,12H,10-11H2,1H3,(H,19,20)/t12-/m0/s1. The van der Waals surface area contributed by atoms with Crippen LogP contribution in [0.1, 0.15) is 34.2 Å². The van der Waals surface area contributed by atoms with E-state index in [1.165, 1.54) is 0 Å². The van der Waals surface area contributed by atoms with Crippen LogP contribution < -0.4 is 5.32 Å². The molecular formula is C18H17N3O2. The summed E-state index contributed by atoms with van der Waals surface area (Å²) < 4.78 is 7.39. The molecule has 2 heterocycles. The molecule has 0 saturated carbocycles. The Labute approximate surface area is 133 Å². The number of aromatic nitrogens is 2. The van der Waals surface area contributed by atoms with Gasteiger partial charge in [-0.3, -0.25) is 4.79 Å². The molecule has 5 nitrogen and oxygen atoms in total. The number of ketones is 1. The normalized spacial score (nSPS) is 17.1. The molecular weight excluding hydrogens is 290 g/mol. The van der Waals surface area contributed by atoms with Crippen LogP contribution in [0.4, 0.5) is 5.82 Å². The molecule has 4 rings (SSSR count). The highest BCUT2D eigenvalue weighted by atomic mass is 16.3. The molecule has 3 aromatic rings. The van der Waals surface area contributed by atoms with E-state index in [4.69, 9.17) is 4.42 Å². The summed E-state index contributed by atoms with van der Waals surface area (Å²) in [5.74, 6) is 1.68. The number of carbonyl (C=O) groups excluding carboxylic acids is 1. The Morgan fingerprint density at radius 1 is 1.17 bits per heavy atom. The van der Waals surface area contributed by atoms with Crippen LogP contribution in [0.3, 0.4) is 0 Å². The molecule has 1 aromatic carbocycles. The first kappa shape index (κ1) is 13.8. The molecule has 1 aliphatic carbocycles. The Hall–Kier alpha value is -2.82. The molecule has 116 valence electrons. The Morgan fingerprint density at radius 3 is 2.70 bits per heavy atom. The number of benzene rings is 1. The number of nitrogens with zero attached hydrogens (tertiary/aromatic N) is 2. The lowest BCUT2D eigenvalue weighted by atomic mass is 9.85. The van der Waals surface area contributed by atoms with Crippen LogP contribution in [-0.2, 0) is 6.42 Å². The lowest BCUT2D eigenvalue weighted by Gasteiger charge is -2.21. The number of rotatable bonds is 3. The number of hydrogen-bond donors (Lipinski definition) is 1. The van der Waals surface area contributed by atoms with Crippen molar-refractivity contribution in [2.75, 3.05) is 12.4 Å². The summed E-state index contributed by atoms with van der Waals surface area (Å²) in [7, 11) is 1.80. The largest absolute Gasteiger partial charge is 0.469 e. The van der Waals surface area contributed by atoms with Crippen molar-refractivity contribution in [3.05, 3.63) is 65.7 Å². The first-order valence-corrected chi connectivity index (χ1v) is 7.69. The van der Waals surface area contributed by atoms with Gasteiger partial charge in [-0.1, -0.05) is 18.2 Å². The summed E-state index contributed by atoms with van der Waals surface area (Å²) in [6.45, 7) is 0. The summed E-state index contributed by atoms with van der Waals surface area (Å²) in [6, 6.07) is 13.7. The van der Waals surface area contributed by atoms with Gasteiger partial charge >= 0.3 is 0 Å². The van der Waals surface area contributed by atoms with Crippen molar-refractivity contribution in [3.63, 3.8) is 0 Å². The minimum atomic E-state index is 0.0638. The molecule has 0 amide bonds. The molecule has 2 aromatic heterocycles. The average molecular weight is 307 g/mol. The molecule has 1 N–H and O–H groups in total. The van der Waals surface area contributed by atoms with E-state index >= 15 is 0 Å². The van der Waals surface area contributed by atoms with Gasteiger partial charge in [0, 0.05) is 25.8 Å². The third-order valence-electron chi connectivity index (χ3n) is 4.31. The fourth-order valence-corrected chi connectivity index (χ4v) is 3.25. The first-order valence-electron chi connectivity index (χ1n) is 7.69. The van der Waals surface area contributed by atoms with E-state index in [1.807, 2.05) is 47.1 Å². The quantitative estimate of drug-likeness (QED) is 0.805. The Morgan fingerprint density at radius 2 is 2.00 bits per heavy atom. The smallest absolute Gasteiger partial charge is 0.169 e. The van der Waals surface area contributed by atoms with Crippen LogP contribution in [-0.4, -0.2) is 22.6 Å². The van der Waals surface area contributed by atoms with Gasteiger partial charge in [-0.25, -0.2) is 4.68 Å². The van der Waals surface area contributed by atoms with E-state index in [0.29, 0.717) is 17.8 Å². The maximum Gasteiger partial charge on any atom is 0.169 e. The first-order chi connectivity index (χ1) is 11.3. The van der Waals surface area contributed by atoms with E-state index in [1.54, 1.807) is 13.3 Å². The molecule has 0 spiro atoms. The summed E-state index contributed by atoms with van der Waals surface area (Å²) in [5.41, 5.74) is 2.61. The number of Topliss-reactive ketones (excluding diaryl/α,β-unsaturated/α-hetero) is 1. The van der Waals surface area contributed by atoms with Crippen LogP contribution in [0, 0.1) is 0 Å². The highest BCUT2D eigenvalue weighted by molar-refractivity contribution is 6.03. The summed E-state index contributed by atoms with van der Waals surface area (Å²) >= 11 is 0. The van der Waals surface area contributed by atoms with E-state index in [9.17, 15) is 4.79 Å². The molecule has 5 heteroatoms. The lowest BCUT2D eigenvalue weighted by Crippen LogP contribution is -2.20. The minimum Gasteiger partial charge on any atom is -0.469 e. The van der Waals surface area contributed by atoms with Crippen LogP contribution in [0.2, 0.25) is 0 Å². The second-order valence-corrected chi connectivity index (χ2v) is 5.71. The SMILES string of the molecule is CNc1nn(-c2ccccc2)c2c1C(=O)C[C@@H](c1ccco1)C2. The van der Waals surface area contributed by atoms with Gasteiger partial charge in [-0.2, -0.15) is 0 Å². The van der Waals surface area contributed by atoms with Crippen LogP contribution in [0.5, 0.6) is 0 Å². The molecule has 0 fully saturated rings. The zero-order valence-corrected chi connectivity index (χ0v) is 12.8. The molecule has 1 atom stereocenters. The molecule has 1 aliphatic rings. The number of fused-ring (bicyclic) bond motifs is 1. The molecule has 0 aliphatic heterocycles. The van der Waals surface area contributed by atoms with Crippen LogP contribution in [0.25, 0.3) is 5.69 Å². The van der Waals surface area contributed by atoms with Crippen molar-refractivity contribution in [1.82, 2.24) is 9.78 Å². The zero-order valence-electron chi connectivity index (χ0n) is 12.8. The second kappa shape index (κ2) is 5.43. The van der Waals surface area contributed by atoms with Gasteiger partial charge in [0.15, 0.2) is 11.6 Å². The molecule has 23 heavy (non-hydrogen) atoms. The van der Waals surface area contributed by atoms with E-state index in [2.05, 4.69) is 10.4 Å². The Balaban J connectivity index is 1.84. The van der Waals surface area contributed by atoms with Gasteiger partial charge in [0.1, 0.15) is 5.76 Å². The Bertz CT molecular complexity index is 835. The number of hydrogen-bond acceptors (Lipinski definition) is 4. The van der Waals surface area contributed by atoms with Crippen LogP contribution in [0.15, 0.2) is 53.1 Å². The van der Waals surface area contributed by atoms with Crippen LogP contribution >= 0.6 is 0 Å². The Kier molecular flexibility index (Phi) is 3.26. The highest BCUT2D eigenvalue weighted by Crippen LogP contribution is 2.37. The average Bonchev–Trinajstić information content (AvgIpc) is 3.23. The summed E-state index contributed by atoms with van der Waals surface area (Å²) in [4.78, 5) is 12.7. The fourth-order valence-electron chi connectivity index (χ4n) is 3.25. The lowest BCUT2D eigenvalue weighted by molar-refractivity contribution is 0.0960. The van der Waals surface area contributed by atoms with Gasteiger partial charge in [-0.15, -0.1) is 5.10 Å². The molecule has 0 saturated heterocycles. The molecule has 0 radical (unpaired) electrons. The monoisotopic (exact) mass is 307 g/mol. The number of furan rings is 1. The van der Waals surface area contributed by atoms with Gasteiger partial charge in [0.2, 0.25) is 0 Å². The minimum absolute atomic E-state index is 0.0638. The molecule has 0 unspecified atom stereocenters. The second-order valence-electron chi connectivity index (χ2n) is 5.71. The zero-order chi connectivity index (χ0) is 15.8. The van der Waals surface area contributed by atoms with E-state index in [0.717, 1.165) is 23.6 Å². The van der Waals surface area contributed by atoms with Crippen molar-refractivity contribution in [1.29, 1.82) is 0 Å². The number of para-hydroxylation sites is 1. The topological polar surface area (TPSA) is 60.1 Å². The van der Waals surface area contributed by atoms with Gasteiger partial charge in [-0.05, 0) is 24.3 Å². The van der Waals surface area contributed by atoms with Gasteiger partial charge in [0.05, 0.1) is 23.2 Å². The number of carbonyl (C=O) groups is 1. The van der Waals surface area contributed by atoms with Crippen molar-refractivity contribution in [2.24, 2.45) is 0 Å². The number of nitrogens with one attached hydrogen (secondary N) is 1. The van der Waals surface area contributed by atoms with E-state index in [-0.39, 0.29) is 11.7 Å². The van der Waals surface area contributed by atoms with Gasteiger partial charge < -0.3 is 9.73 Å². The van der Waals surface area contributed by atoms with Crippen molar-refractivity contribution in [2.45, 2.75) is 18.8 Å². The fraction of sp³-hybridized carbons (Fsp3) is 0.222. The van der Waals surface area contributed by atoms with Crippen molar-refractivity contribution in [3.8, 4) is 5.69 Å². The third kappa shape index (κ3) is 2.25. The predicted octanol–water partition coefficient (Wildman–Crippen LogP) is 3.42. The third-order valence-corrected chi connectivity index (χ3v) is 4.31. The summed E-state index contributed by atoms with van der Waals surface area (Å²) in [5, 5.41) is 7.65. The highest BCUT2D eigenvalue weighted by Gasteiger charge is 2.34. The van der Waals surface area contributed by atoms with E-state index < -0.39 is 0 Å². The van der Waals surface area contributed by atoms with Crippen molar-refractivity contribution < 1.29 is 9.21 Å². The number of anilines is 1. The maximum absolute atomic E-state index is 12.7. The van der Waals surface area contributed by atoms with Crippen molar-refractivity contribution >= 4 is 11.6 Å². The molecule has 0 bridgehead atoms. The summed E-state index contributed by atoms with van der Waals surface area (Å²) in [6.07, 6.45) is 2.84.